The second-order valence-corrected chi connectivity index (χ2v) is 14.1. The van der Waals surface area contributed by atoms with Gasteiger partial charge in [-0.15, -0.1) is 6.42 Å². The van der Waals surface area contributed by atoms with Crippen molar-refractivity contribution in [2.24, 2.45) is 4.99 Å². The molecule has 3 aromatic rings. The van der Waals surface area contributed by atoms with Crippen LogP contribution in [0.4, 0.5) is 10.2 Å². The van der Waals surface area contributed by atoms with Crippen LogP contribution in [-0.4, -0.2) is 81.3 Å². The van der Waals surface area contributed by atoms with E-state index in [0.29, 0.717) is 52.7 Å². The number of benzene rings is 2. The lowest BCUT2D eigenvalue weighted by Crippen LogP contribution is -2.43. The Kier molecular flexibility index (Phi) is 8.97. The summed E-state index contributed by atoms with van der Waals surface area (Å²) in [6, 6.07) is 6.51. The molecule has 4 heterocycles. The summed E-state index contributed by atoms with van der Waals surface area (Å²) in [4.78, 5) is 20.2. The highest BCUT2D eigenvalue weighted by Gasteiger charge is 2.45. The fourth-order valence-corrected chi connectivity index (χ4v) is 8.42. The van der Waals surface area contributed by atoms with Gasteiger partial charge in [0.15, 0.2) is 0 Å². The maximum Gasteiger partial charge on any atom is 0.319 e. The summed E-state index contributed by atoms with van der Waals surface area (Å²) < 4.78 is 21.9. The Morgan fingerprint density at radius 1 is 1.18 bits per heavy atom. The molecule has 49 heavy (non-hydrogen) atoms. The number of anilines is 1. The van der Waals surface area contributed by atoms with E-state index in [9.17, 15) is 10.2 Å². The van der Waals surface area contributed by atoms with Crippen LogP contribution in [-0.2, 0) is 0 Å². The summed E-state index contributed by atoms with van der Waals surface area (Å²) in [6.07, 6.45) is 14.4. The Bertz CT molecular complexity index is 1930. The molecule has 2 N–H and O–H groups in total. The number of β-amino-alcohol motifs (C(OH)–C–C–N with tert-alkyl or cyclic N) is 1. The minimum Gasteiger partial charge on any atom is -0.508 e. The highest BCUT2D eigenvalue weighted by molar-refractivity contribution is 6.51. The van der Waals surface area contributed by atoms with Crippen molar-refractivity contribution in [2.45, 2.75) is 90.3 Å². The van der Waals surface area contributed by atoms with Gasteiger partial charge in [0.25, 0.3) is 0 Å². The molecule has 4 aliphatic rings. The maximum atomic E-state index is 15.3. The molecule has 2 unspecified atom stereocenters. The smallest absolute Gasteiger partial charge is 0.319 e. The summed E-state index contributed by atoms with van der Waals surface area (Å²) >= 11 is 0. The van der Waals surface area contributed by atoms with E-state index in [-0.39, 0.29) is 22.9 Å². The fraction of sp³-hybridized carbons (Fsp3) is 0.475. The number of nitrogens with zero attached hydrogens (tertiary/aromatic N) is 5. The van der Waals surface area contributed by atoms with Crippen molar-refractivity contribution < 1.29 is 19.3 Å². The van der Waals surface area contributed by atoms with Gasteiger partial charge in [0.1, 0.15) is 24.0 Å². The van der Waals surface area contributed by atoms with Crippen molar-refractivity contribution in [1.29, 1.82) is 0 Å². The summed E-state index contributed by atoms with van der Waals surface area (Å²) in [5.74, 6) is 2.83. The SMILES string of the molecule is C#Cc1c(F)ccc2cc(O)cc(C3=C(C)c4nc(OCC56CCCN5CCC6)nc(N5CCCC(O)C5)c4/C(=C/C)C3=NC(C)CC)c12. The zero-order valence-corrected chi connectivity index (χ0v) is 29.0. The number of aliphatic hydroxyl groups is 1. The molecular weight excluding hydrogens is 617 g/mol. The van der Waals surface area contributed by atoms with E-state index in [4.69, 9.17) is 26.1 Å². The topological polar surface area (TPSA) is 94.3 Å². The average Bonchev–Trinajstić information content (AvgIpc) is 3.68. The molecule has 9 heteroatoms. The van der Waals surface area contributed by atoms with E-state index in [1.165, 1.54) is 6.07 Å². The van der Waals surface area contributed by atoms with E-state index >= 15 is 4.39 Å². The van der Waals surface area contributed by atoms with Crippen molar-refractivity contribution in [3.63, 3.8) is 0 Å². The van der Waals surface area contributed by atoms with E-state index in [0.717, 1.165) is 86.9 Å². The highest BCUT2D eigenvalue weighted by Crippen LogP contribution is 2.47. The molecule has 0 radical (unpaired) electrons. The van der Waals surface area contributed by atoms with Crippen molar-refractivity contribution >= 4 is 39.0 Å². The number of piperidine rings is 1. The molecule has 8 nitrogen and oxygen atoms in total. The quantitative estimate of drug-likeness (QED) is 0.263. The molecule has 1 aromatic heterocycles. The van der Waals surface area contributed by atoms with E-state index < -0.39 is 11.9 Å². The Morgan fingerprint density at radius 2 is 1.96 bits per heavy atom. The number of phenols is 1. The van der Waals surface area contributed by atoms with Crippen LogP contribution in [0.15, 0.2) is 35.3 Å². The standard InChI is InChI=1S/C40H46FN5O3/c1-6-24(4)42-37-30(8-3)35-36(25(5)33(37)31-21-28(48)20-26-13-14-32(41)29(7-2)34(26)31)43-39(44-38(35)45-17-9-12-27(47)22-45)49-23-40-15-10-18-46(40)19-11-16-40/h2,8,13-14,20-21,24,27,47-48H,6,9-12,15-19,22-23H2,1,3-5H3/b30-8-,42-37?. The van der Waals surface area contributed by atoms with Crippen molar-refractivity contribution in [3.8, 4) is 24.1 Å². The van der Waals surface area contributed by atoms with Crippen LogP contribution in [0.5, 0.6) is 11.8 Å². The predicted octanol–water partition coefficient (Wildman–Crippen LogP) is 7.01. The number of rotatable bonds is 7. The Hall–Kier alpha value is -4.26. The molecule has 0 amide bonds. The van der Waals surface area contributed by atoms with Crippen molar-refractivity contribution in [3.05, 3.63) is 58.5 Å². The zero-order chi connectivity index (χ0) is 34.4. The second kappa shape index (κ2) is 13.2. The molecule has 3 fully saturated rings. The van der Waals surface area contributed by atoms with Crippen molar-refractivity contribution in [2.75, 3.05) is 37.7 Å². The van der Waals surface area contributed by atoms with Crippen LogP contribution in [0, 0.1) is 18.2 Å². The number of phenolic OH excluding ortho intramolecular Hbond substituents is 1. The van der Waals surface area contributed by atoms with Gasteiger partial charge in [0.2, 0.25) is 0 Å². The molecule has 7 rings (SSSR count). The van der Waals surface area contributed by atoms with E-state index in [2.05, 4.69) is 29.6 Å². The molecular formula is C40H46FN5O3. The average molecular weight is 664 g/mol. The Balaban J connectivity index is 1.50. The molecule has 3 aliphatic heterocycles. The van der Waals surface area contributed by atoms with Gasteiger partial charge in [0, 0.05) is 35.7 Å². The van der Waals surface area contributed by atoms with Gasteiger partial charge in [-0.3, -0.25) is 9.89 Å². The third kappa shape index (κ3) is 5.79. The van der Waals surface area contributed by atoms with Gasteiger partial charge in [-0.05, 0) is 114 Å². The normalized spacial score (nSPS) is 22.9. The number of hydrogen-bond acceptors (Lipinski definition) is 8. The number of aromatic hydroxyl groups is 1. The Labute approximate surface area is 288 Å². The highest BCUT2D eigenvalue weighted by atomic mass is 19.1. The molecule has 1 aliphatic carbocycles. The summed E-state index contributed by atoms with van der Waals surface area (Å²) in [7, 11) is 0. The van der Waals surface area contributed by atoms with Gasteiger partial charge >= 0.3 is 6.01 Å². The second-order valence-electron chi connectivity index (χ2n) is 14.1. The predicted molar refractivity (Wildman–Crippen MR) is 195 cm³/mol. The third-order valence-electron chi connectivity index (χ3n) is 11.0. The molecule has 0 bridgehead atoms. The van der Waals surface area contributed by atoms with Gasteiger partial charge in [0.05, 0.1) is 34.2 Å². The van der Waals surface area contributed by atoms with E-state index in [1.807, 2.05) is 19.9 Å². The molecule has 256 valence electrons. The minimum absolute atomic E-state index is 0.0115. The molecule has 2 atom stereocenters. The molecule has 0 spiro atoms. The monoisotopic (exact) mass is 663 g/mol. The number of ether oxygens (including phenoxy) is 1. The van der Waals surface area contributed by atoms with Crippen LogP contribution < -0.4 is 9.64 Å². The zero-order valence-electron chi connectivity index (χ0n) is 29.0. The largest absolute Gasteiger partial charge is 0.508 e. The first kappa shape index (κ1) is 33.2. The van der Waals surface area contributed by atoms with E-state index in [1.54, 1.807) is 18.2 Å². The van der Waals surface area contributed by atoms with Crippen LogP contribution >= 0.6 is 0 Å². The number of halogens is 1. The number of hydrogen-bond donors (Lipinski definition) is 2. The lowest BCUT2D eigenvalue weighted by molar-refractivity contribution is 0.107. The van der Waals surface area contributed by atoms with Gasteiger partial charge < -0.3 is 19.8 Å². The van der Waals surface area contributed by atoms with Crippen molar-refractivity contribution in [1.82, 2.24) is 14.9 Å². The number of allylic oxidation sites excluding steroid dienone is 4. The Morgan fingerprint density at radius 3 is 2.65 bits per heavy atom. The molecule has 2 aromatic carbocycles. The lowest BCUT2D eigenvalue weighted by atomic mass is 9.78. The van der Waals surface area contributed by atoms with Crippen LogP contribution in [0.1, 0.15) is 95.0 Å². The van der Waals surface area contributed by atoms with Gasteiger partial charge in [-0.25, -0.2) is 4.39 Å². The molecule has 0 saturated carbocycles. The lowest BCUT2D eigenvalue weighted by Gasteiger charge is -2.36. The number of aromatic nitrogens is 2. The first-order chi connectivity index (χ1) is 23.7. The van der Waals surface area contributed by atoms with Gasteiger partial charge in [-0.1, -0.05) is 25.0 Å². The molecule has 3 saturated heterocycles. The third-order valence-corrected chi connectivity index (χ3v) is 11.0. The fourth-order valence-electron chi connectivity index (χ4n) is 8.42. The van der Waals surface area contributed by atoms with Crippen LogP contribution in [0.3, 0.4) is 0 Å². The van der Waals surface area contributed by atoms with Crippen LogP contribution in [0.2, 0.25) is 0 Å². The summed E-state index contributed by atoms with van der Waals surface area (Å²) in [6.45, 7) is 12.0. The first-order valence-corrected chi connectivity index (χ1v) is 17.8. The van der Waals surface area contributed by atoms with Gasteiger partial charge in [-0.2, -0.15) is 9.97 Å². The number of terminal acetylenes is 1. The number of aliphatic hydroxyl groups excluding tert-OH is 1. The number of fused-ring (bicyclic) bond motifs is 3. The number of aliphatic imine (C=N–C) groups is 1. The summed E-state index contributed by atoms with van der Waals surface area (Å²) in [5.41, 5.74) is 5.34. The first-order valence-electron chi connectivity index (χ1n) is 17.8. The summed E-state index contributed by atoms with van der Waals surface area (Å²) in [5, 5.41) is 23.0. The maximum absolute atomic E-state index is 15.3. The minimum atomic E-state index is -0.501. The van der Waals surface area contributed by atoms with Crippen LogP contribution in [0.25, 0.3) is 27.5 Å².